The molecular formula is C12H12N4O2. The first kappa shape index (κ1) is 10.8. The Bertz CT molecular complexity index is 699. The SMILES string of the molecule is C[C@H](N)c1noc(-c2cc3cccc(O)c3[nH]2)n1. The third-order valence-electron chi connectivity index (χ3n) is 2.71. The van der Waals surface area contributed by atoms with Gasteiger partial charge in [0.1, 0.15) is 11.4 Å². The number of aromatic nitrogens is 3. The molecule has 2 heterocycles. The third-order valence-corrected chi connectivity index (χ3v) is 2.71. The molecule has 1 aromatic carbocycles. The van der Waals surface area contributed by atoms with Gasteiger partial charge in [0.05, 0.1) is 11.6 Å². The number of aromatic amines is 1. The Morgan fingerprint density at radius 1 is 1.44 bits per heavy atom. The van der Waals surface area contributed by atoms with Crippen molar-refractivity contribution in [3.63, 3.8) is 0 Å². The summed E-state index contributed by atoms with van der Waals surface area (Å²) in [6.45, 7) is 1.78. The van der Waals surface area contributed by atoms with E-state index in [1.807, 2.05) is 12.1 Å². The van der Waals surface area contributed by atoms with Gasteiger partial charge in [0, 0.05) is 5.39 Å². The van der Waals surface area contributed by atoms with Gasteiger partial charge in [0.2, 0.25) is 0 Å². The van der Waals surface area contributed by atoms with Crippen LogP contribution in [0.4, 0.5) is 0 Å². The molecule has 0 spiro atoms. The molecule has 0 saturated carbocycles. The number of para-hydroxylation sites is 1. The van der Waals surface area contributed by atoms with E-state index in [-0.39, 0.29) is 11.8 Å². The van der Waals surface area contributed by atoms with Gasteiger partial charge in [-0.25, -0.2) is 0 Å². The summed E-state index contributed by atoms with van der Waals surface area (Å²) >= 11 is 0. The quantitative estimate of drug-likeness (QED) is 0.639. The second kappa shape index (κ2) is 3.85. The van der Waals surface area contributed by atoms with Crippen LogP contribution in [0.2, 0.25) is 0 Å². The van der Waals surface area contributed by atoms with Crippen LogP contribution in [0.1, 0.15) is 18.8 Å². The van der Waals surface area contributed by atoms with Gasteiger partial charge < -0.3 is 20.3 Å². The summed E-state index contributed by atoms with van der Waals surface area (Å²) in [5.74, 6) is 0.997. The number of phenolic OH excluding ortho intramolecular Hbond substituents is 1. The highest BCUT2D eigenvalue weighted by molar-refractivity contribution is 5.88. The van der Waals surface area contributed by atoms with Crippen molar-refractivity contribution in [3.8, 4) is 17.3 Å². The zero-order chi connectivity index (χ0) is 12.7. The molecule has 0 aliphatic heterocycles. The largest absolute Gasteiger partial charge is 0.506 e. The summed E-state index contributed by atoms with van der Waals surface area (Å²) < 4.78 is 5.13. The van der Waals surface area contributed by atoms with Gasteiger partial charge in [-0.15, -0.1) is 0 Å². The average molecular weight is 244 g/mol. The molecule has 4 N–H and O–H groups in total. The molecule has 0 bridgehead atoms. The van der Waals surface area contributed by atoms with Crippen LogP contribution in [0.25, 0.3) is 22.5 Å². The number of rotatable bonds is 2. The van der Waals surface area contributed by atoms with Gasteiger partial charge in [0.25, 0.3) is 5.89 Å². The molecule has 3 aromatic rings. The first-order valence-electron chi connectivity index (χ1n) is 5.55. The minimum atomic E-state index is -0.278. The van der Waals surface area contributed by atoms with Crippen LogP contribution in [0, 0.1) is 0 Å². The minimum Gasteiger partial charge on any atom is -0.506 e. The maximum Gasteiger partial charge on any atom is 0.274 e. The lowest BCUT2D eigenvalue weighted by atomic mass is 10.2. The fourth-order valence-electron chi connectivity index (χ4n) is 1.78. The molecular weight excluding hydrogens is 232 g/mol. The van der Waals surface area contributed by atoms with Crippen molar-refractivity contribution in [1.29, 1.82) is 0 Å². The Morgan fingerprint density at radius 2 is 2.28 bits per heavy atom. The topological polar surface area (TPSA) is 101 Å². The first-order chi connectivity index (χ1) is 8.65. The van der Waals surface area contributed by atoms with Crippen molar-refractivity contribution in [2.24, 2.45) is 5.73 Å². The van der Waals surface area contributed by atoms with Crippen LogP contribution in [0.15, 0.2) is 28.8 Å². The molecule has 1 atom stereocenters. The third kappa shape index (κ3) is 1.63. The fourth-order valence-corrected chi connectivity index (χ4v) is 1.78. The van der Waals surface area contributed by atoms with Crippen molar-refractivity contribution < 1.29 is 9.63 Å². The summed E-state index contributed by atoms with van der Waals surface area (Å²) in [6, 6.07) is 6.84. The summed E-state index contributed by atoms with van der Waals surface area (Å²) in [6.07, 6.45) is 0. The van der Waals surface area contributed by atoms with E-state index >= 15 is 0 Å². The van der Waals surface area contributed by atoms with Crippen LogP contribution in [-0.4, -0.2) is 20.2 Å². The minimum absolute atomic E-state index is 0.186. The lowest BCUT2D eigenvalue weighted by molar-refractivity contribution is 0.417. The summed E-state index contributed by atoms with van der Waals surface area (Å²) in [5.41, 5.74) is 6.97. The second-order valence-electron chi connectivity index (χ2n) is 4.17. The number of phenols is 1. The molecule has 0 fully saturated rings. The van der Waals surface area contributed by atoms with E-state index in [1.54, 1.807) is 19.1 Å². The van der Waals surface area contributed by atoms with E-state index in [0.717, 1.165) is 5.39 Å². The molecule has 6 nitrogen and oxygen atoms in total. The zero-order valence-corrected chi connectivity index (χ0v) is 9.71. The summed E-state index contributed by atoms with van der Waals surface area (Å²) in [4.78, 5) is 7.23. The fraction of sp³-hybridized carbons (Fsp3) is 0.167. The Kier molecular flexibility index (Phi) is 2.31. The van der Waals surface area contributed by atoms with Crippen LogP contribution >= 0.6 is 0 Å². The van der Waals surface area contributed by atoms with Crippen LogP contribution in [0.5, 0.6) is 5.75 Å². The van der Waals surface area contributed by atoms with E-state index in [2.05, 4.69) is 15.1 Å². The lowest BCUT2D eigenvalue weighted by Gasteiger charge is -1.93. The number of hydrogen-bond donors (Lipinski definition) is 3. The monoisotopic (exact) mass is 244 g/mol. The average Bonchev–Trinajstić information content (AvgIpc) is 2.95. The number of nitrogens with two attached hydrogens (primary N) is 1. The molecule has 0 aliphatic rings. The molecule has 2 aromatic heterocycles. The van der Waals surface area contributed by atoms with Gasteiger partial charge in [0.15, 0.2) is 5.82 Å². The lowest BCUT2D eigenvalue weighted by Crippen LogP contribution is -2.06. The van der Waals surface area contributed by atoms with Crippen molar-refractivity contribution >= 4 is 10.9 Å². The number of fused-ring (bicyclic) bond motifs is 1. The maximum atomic E-state index is 9.71. The Hall–Kier alpha value is -2.34. The standard InChI is InChI=1S/C12H12N4O2/c1-6(13)11-15-12(18-16-11)8-5-7-3-2-4-9(17)10(7)14-8/h2-6,14,17H,13H2,1H3/t6-/m0/s1. The Labute approximate surface area is 102 Å². The molecule has 0 unspecified atom stereocenters. The molecule has 0 saturated heterocycles. The van der Waals surface area contributed by atoms with Crippen LogP contribution in [0.3, 0.4) is 0 Å². The summed E-state index contributed by atoms with van der Waals surface area (Å²) in [7, 11) is 0. The normalized spacial score (nSPS) is 13.0. The summed E-state index contributed by atoms with van der Waals surface area (Å²) in [5, 5.41) is 14.4. The van der Waals surface area contributed by atoms with Crippen molar-refractivity contribution in [1.82, 2.24) is 15.1 Å². The van der Waals surface area contributed by atoms with Gasteiger partial charge in [-0.1, -0.05) is 17.3 Å². The molecule has 3 rings (SSSR count). The number of nitrogens with one attached hydrogen (secondary N) is 1. The Morgan fingerprint density at radius 3 is 2.94 bits per heavy atom. The van der Waals surface area contributed by atoms with Crippen molar-refractivity contribution in [2.45, 2.75) is 13.0 Å². The van der Waals surface area contributed by atoms with Gasteiger partial charge in [-0.2, -0.15) is 4.98 Å². The van der Waals surface area contributed by atoms with Gasteiger partial charge in [-0.05, 0) is 19.1 Å². The first-order valence-corrected chi connectivity index (χ1v) is 5.55. The number of benzene rings is 1. The smallest absolute Gasteiger partial charge is 0.274 e. The predicted octanol–water partition coefficient (Wildman–Crippen LogP) is 1.94. The van der Waals surface area contributed by atoms with Crippen LogP contribution in [-0.2, 0) is 0 Å². The van der Waals surface area contributed by atoms with E-state index in [9.17, 15) is 5.11 Å². The van der Waals surface area contributed by atoms with Gasteiger partial charge >= 0.3 is 0 Å². The highest BCUT2D eigenvalue weighted by Crippen LogP contribution is 2.28. The van der Waals surface area contributed by atoms with Gasteiger partial charge in [-0.3, -0.25) is 0 Å². The molecule has 0 amide bonds. The highest BCUT2D eigenvalue weighted by atomic mass is 16.5. The number of nitrogens with zero attached hydrogens (tertiary/aromatic N) is 2. The number of hydrogen-bond acceptors (Lipinski definition) is 5. The van der Waals surface area contributed by atoms with Crippen molar-refractivity contribution in [3.05, 3.63) is 30.1 Å². The number of H-pyrrole nitrogens is 1. The van der Waals surface area contributed by atoms with E-state index in [0.29, 0.717) is 22.9 Å². The Balaban J connectivity index is 2.10. The van der Waals surface area contributed by atoms with Crippen molar-refractivity contribution in [2.75, 3.05) is 0 Å². The second-order valence-corrected chi connectivity index (χ2v) is 4.17. The molecule has 18 heavy (non-hydrogen) atoms. The molecule has 6 heteroatoms. The van der Waals surface area contributed by atoms with E-state index in [1.165, 1.54) is 0 Å². The van der Waals surface area contributed by atoms with Crippen LogP contribution < -0.4 is 5.73 Å². The molecule has 0 aliphatic carbocycles. The zero-order valence-electron chi connectivity index (χ0n) is 9.71. The maximum absolute atomic E-state index is 9.71. The predicted molar refractivity (Wildman–Crippen MR) is 65.9 cm³/mol. The number of aromatic hydroxyl groups is 1. The van der Waals surface area contributed by atoms with E-state index in [4.69, 9.17) is 10.3 Å². The molecule has 92 valence electrons. The molecule has 0 radical (unpaired) electrons. The highest BCUT2D eigenvalue weighted by Gasteiger charge is 2.14. The van der Waals surface area contributed by atoms with E-state index < -0.39 is 0 Å².